The molecule has 1 aliphatic heterocycles. The SMILES string of the molecule is COCOc1ccc(F)cc1C(C(N)=O)(c1ccccc1N)n1cc2cc(F)c(-c3ccc(C4CCN(C)CC4)cc3)cc2n1. The van der Waals surface area contributed by atoms with Crippen molar-refractivity contribution < 1.29 is 23.0 Å². The van der Waals surface area contributed by atoms with Gasteiger partial charge in [-0.1, -0.05) is 42.5 Å². The third kappa shape index (κ3) is 5.51. The van der Waals surface area contributed by atoms with Gasteiger partial charge in [-0.25, -0.2) is 13.5 Å². The first kappa shape index (κ1) is 30.2. The predicted molar refractivity (Wildman–Crippen MR) is 170 cm³/mol. The van der Waals surface area contributed by atoms with E-state index in [9.17, 15) is 9.18 Å². The van der Waals surface area contributed by atoms with Gasteiger partial charge in [-0.15, -0.1) is 0 Å². The summed E-state index contributed by atoms with van der Waals surface area (Å²) in [5.74, 6) is -1.37. The summed E-state index contributed by atoms with van der Waals surface area (Å²) in [6.07, 6.45) is 3.68. The number of anilines is 1. The molecule has 0 bridgehead atoms. The van der Waals surface area contributed by atoms with Crippen LogP contribution in [0.1, 0.15) is 35.4 Å². The van der Waals surface area contributed by atoms with Crippen LogP contribution in [-0.2, 0) is 15.1 Å². The molecule has 2 heterocycles. The van der Waals surface area contributed by atoms with E-state index in [1.807, 2.05) is 12.1 Å². The third-order valence-electron chi connectivity index (χ3n) is 8.72. The van der Waals surface area contributed by atoms with Gasteiger partial charge in [0, 0.05) is 41.1 Å². The number of primary amides is 1. The summed E-state index contributed by atoms with van der Waals surface area (Å²) in [4.78, 5) is 16.1. The smallest absolute Gasteiger partial charge is 0.254 e. The molecule has 0 aliphatic carbocycles. The Hall–Kier alpha value is -4.80. The fraction of sp³-hybridized carbons (Fsp3) is 0.257. The average Bonchev–Trinajstić information content (AvgIpc) is 3.44. The lowest BCUT2D eigenvalue weighted by atomic mass is 9.80. The van der Waals surface area contributed by atoms with Gasteiger partial charge in [0.2, 0.25) is 0 Å². The van der Waals surface area contributed by atoms with Crippen molar-refractivity contribution in [2.45, 2.75) is 24.3 Å². The number of rotatable bonds is 9. The van der Waals surface area contributed by atoms with Crippen molar-refractivity contribution in [1.29, 1.82) is 0 Å². The van der Waals surface area contributed by atoms with Crippen molar-refractivity contribution in [3.63, 3.8) is 0 Å². The lowest BCUT2D eigenvalue weighted by Gasteiger charge is -2.34. The number of aromatic nitrogens is 2. The first-order valence-corrected chi connectivity index (χ1v) is 14.8. The van der Waals surface area contributed by atoms with E-state index in [1.165, 1.54) is 41.8 Å². The molecule has 6 rings (SSSR count). The molecule has 0 radical (unpaired) electrons. The molecule has 45 heavy (non-hydrogen) atoms. The van der Waals surface area contributed by atoms with Crippen LogP contribution in [-0.4, -0.2) is 54.6 Å². The fourth-order valence-corrected chi connectivity index (χ4v) is 6.34. The molecular weight excluding hydrogens is 576 g/mol. The van der Waals surface area contributed by atoms with E-state index in [2.05, 4.69) is 24.1 Å². The Morgan fingerprint density at radius 3 is 2.42 bits per heavy atom. The third-order valence-corrected chi connectivity index (χ3v) is 8.72. The Bertz CT molecular complexity index is 1850. The van der Waals surface area contributed by atoms with Crippen molar-refractivity contribution in [2.24, 2.45) is 5.73 Å². The van der Waals surface area contributed by atoms with Crippen molar-refractivity contribution in [3.05, 3.63) is 113 Å². The molecular formula is C35H35F2N5O3. The number of nitrogens with zero attached hydrogens (tertiary/aromatic N) is 3. The molecule has 1 aliphatic rings. The normalized spacial score (nSPS) is 15.6. The van der Waals surface area contributed by atoms with Crippen LogP contribution in [0.15, 0.2) is 85.1 Å². The zero-order valence-corrected chi connectivity index (χ0v) is 25.2. The average molecular weight is 612 g/mol. The van der Waals surface area contributed by atoms with Crippen molar-refractivity contribution in [2.75, 3.05) is 39.8 Å². The van der Waals surface area contributed by atoms with Crippen LogP contribution in [0.2, 0.25) is 0 Å². The lowest BCUT2D eigenvalue weighted by molar-refractivity contribution is -0.123. The number of hydrogen-bond donors (Lipinski definition) is 2. The summed E-state index contributed by atoms with van der Waals surface area (Å²) in [6.45, 7) is 1.93. The molecule has 4 aromatic carbocycles. The van der Waals surface area contributed by atoms with Crippen LogP contribution in [0.5, 0.6) is 5.75 Å². The number of hydrogen-bond acceptors (Lipinski definition) is 6. The monoisotopic (exact) mass is 611 g/mol. The fourth-order valence-electron chi connectivity index (χ4n) is 6.34. The van der Waals surface area contributed by atoms with Crippen LogP contribution in [0.25, 0.3) is 22.0 Å². The molecule has 1 unspecified atom stereocenters. The quantitative estimate of drug-likeness (QED) is 0.165. The summed E-state index contributed by atoms with van der Waals surface area (Å²) >= 11 is 0. The van der Waals surface area contributed by atoms with E-state index in [1.54, 1.807) is 30.3 Å². The van der Waals surface area contributed by atoms with Gasteiger partial charge >= 0.3 is 0 Å². The second-order valence-electron chi connectivity index (χ2n) is 11.5. The predicted octanol–water partition coefficient (Wildman–Crippen LogP) is 5.63. The second-order valence-corrected chi connectivity index (χ2v) is 11.5. The Balaban J connectivity index is 1.50. The van der Waals surface area contributed by atoms with Gasteiger partial charge in [-0.2, -0.15) is 5.10 Å². The van der Waals surface area contributed by atoms with E-state index in [0.717, 1.165) is 32.0 Å². The number of methoxy groups -OCH3 is 1. The largest absolute Gasteiger partial charge is 0.467 e. The minimum atomic E-state index is -1.97. The Morgan fingerprint density at radius 1 is 1.00 bits per heavy atom. The molecule has 1 aromatic heterocycles. The molecule has 10 heteroatoms. The van der Waals surface area contributed by atoms with Gasteiger partial charge in [-0.3, -0.25) is 4.79 Å². The molecule has 4 N–H and O–H groups in total. The number of ether oxygens (including phenoxy) is 2. The van der Waals surface area contributed by atoms with E-state index in [0.29, 0.717) is 27.9 Å². The molecule has 1 fully saturated rings. The highest BCUT2D eigenvalue weighted by Gasteiger charge is 2.47. The second kappa shape index (κ2) is 12.3. The minimum absolute atomic E-state index is 0.0583. The molecule has 232 valence electrons. The van der Waals surface area contributed by atoms with E-state index >= 15 is 4.39 Å². The Morgan fingerprint density at radius 2 is 1.73 bits per heavy atom. The number of carbonyl (C=O) groups excluding carboxylic acids is 1. The maximum absolute atomic E-state index is 15.7. The Kier molecular flexibility index (Phi) is 8.26. The van der Waals surface area contributed by atoms with Crippen LogP contribution >= 0.6 is 0 Å². The van der Waals surface area contributed by atoms with Crippen LogP contribution in [0.4, 0.5) is 14.5 Å². The van der Waals surface area contributed by atoms with Crippen LogP contribution in [0, 0.1) is 11.6 Å². The van der Waals surface area contributed by atoms with Crippen molar-refractivity contribution in [1.82, 2.24) is 14.7 Å². The zero-order valence-electron chi connectivity index (χ0n) is 25.2. The number of benzene rings is 4. The maximum atomic E-state index is 15.7. The van der Waals surface area contributed by atoms with Crippen molar-refractivity contribution >= 4 is 22.5 Å². The minimum Gasteiger partial charge on any atom is -0.467 e. The summed E-state index contributed by atoms with van der Waals surface area (Å²) in [5, 5.41) is 5.17. The Labute approximate surface area is 260 Å². The summed E-state index contributed by atoms with van der Waals surface area (Å²) in [6, 6.07) is 21.4. The number of halogens is 2. The number of nitrogens with two attached hydrogens (primary N) is 2. The van der Waals surface area contributed by atoms with Gasteiger partial charge in [0.15, 0.2) is 12.3 Å². The van der Waals surface area contributed by atoms with Gasteiger partial charge in [0.1, 0.15) is 17.4 Å². The highest BCUT2D eigenvalue weighted by atomic mass is 19.1. The van der Waals surface area contributed by atoms with E-state index in [4.69, 9.17) is 26.0 Å². The molecule has 5 aromatic rings. The number of nitrogen functional groups attached to an aromatic ring is 1. The number of carbonyl (C=O) groups is 1. The summed E-state index contributed by atoms with van der Waals surface area (Å²) < 4.78 is 42.8. The number of fused-ring (bicyclic) bond motifs is 1. The highest BCUT2D eigenvalue weighted by Crippen LogP contribution is 2.43. The zero-order chi connectivity index (χ0) is 31.7. The van der Waals surface area contributed by atoms with E-state index < -0.39 is 23.1 Å². The number of piperidine rings is 1. The van der Waals surface area contributed by atoms with Gasteiger partial charge in [0.05, 0.1) is 5.52 Å². The van der Waals surface area contributed by atoms with Crippen LogP contribution in [0.3, 0.4) is 0 Å². The van der Waals surface area contributed by atoms with Gasteiger partial charge in [0.25, 0.3) is 5.91 Å². The highest BCUT2D eigenvalue weighted by molar-refractivity contribution is 5.94. The summed E-state index contributed by atoms with van der Waals surface area (Å²) in [5.41, 5.74) is 13.9. The topological polar surface area (TPSA) is 109 Å². The van der Waals surface area contributed by atoms with Gasteiger partial charge in [-0.05, 0) is 86.4 Å². The first-order valence-electron chi connectivity index (χ1n) is 14.8. The maximum Gasteiger partial charge on any atom is 0.254 e. The lowest BCUT2D eigenvalue weighted by Crippen LogP contribution is -2.49. The first-order chi connectivity index (χ1) is 21.7. The van der Waals surface area contributed by atoms with Crippen LogP contribution < -0.4 is 16.2 Å². The van der Waals surface area contributed by atoms with E-state index in [-0.39, 0.29) is 29.4 Å². The number of likely N-dealkylation sites (tertiary alicyclic amines) is 1. The standard InChI is InChI=1S/C35H35F2N5O3/c1-41-15-13-23(14-16-41)22-7-9-24(10-8-22)27-19-32-25(17-30(27)37)20-42(40-32)35(34(39)43,28-5-3-4-6-31(28)38)29-18-26(36)11-12-33(29)45-21-44-2/h3-12,17-20,23H,13-16,21,38H2,1-2H3,(H2,39,43). The van der Waals surface area contributed by atoms with Crippen molar-refractivity contribution in [3.8, 4) is 16.9 Å². The molecule has 0 spiro atoms. The molecule has 0 saturated carbocycles. The van der Waals surface area contributed by atoms with Gasteiger partial charge < -0.3 is 25.8 Å². The molecule has 8 nitrogen and oxygen atoms in total. The number of para-hydroxylation sites is 1. The summed E-state index contributed by atoms with van der Waals surface area (Å²) in [7, 11) is 3.57. The molecule has 1 saturated heterocycles. The molecule has 1 atom stereocenters. The molecule has 1 amide bonds. The number of amides is 1.